The summed E-state index contributed by atoms with van der Waals surface area (Å²) in [6.45, 7) is 0.358. The zero-order valence-electron chi connectivity index (χ0n) is 8.88. The van der Waals surface area contributed by atoms with Crippen LogP contribution in [0.15, 0.2) is 42.7 Å². The SMILES string of the molecule is FC(F)(F)c1ccccc1NCc1cc[nH]c1. The van der Waals surface area contributed by atoms with Gasteiger partial charge in [0.05, 0.1) is 5.56 Å². The normalized spacial score (nSPS) is 11.5. The van der Waals surface area contributed by atoms with Gasteiger partial charge in [0.2, 0.25) is 0 Å². The highest BCUT2D eigenvalue weighted by Gasteiger charge is 2.32. The van der Waals surface area contributed by atoms with Crippen molar-refractivity contribution in [3.8, 4) is 0 Å². The number of anilines is 1. The molecule has 2 N–H and O–H groups in total. The Hall–Kier alpha value is -1.91. The second-order valence-corrected chi connectivity index (χ2v) is 3.62. The molecule has 90 valence electrons. The number of rotatable bonds is 3. The molecule has 17 heavy (non-hydrogen) atoms. The minimum absolute atomic E-state index is 0.0983. The topological polar surface area (TPSA) is 27.8 Å². The van der Waals surface area contributed by atoms with Gasteiger partial charge in [-0.1, -0.05) is 12.1 Å². The summed E-state index contributed by atoms with van der Waals surface area (Å²) in [5.74, 6) is 0. The summed E-state index contributed by atoms with van der Waals surface area (Å²) in [5, 5.41) is 2.78. The van der Waals surface area contributed by atoms with Gasteiger partial charge in [0.15, 0.2) is 0 Å². The Balaban J connectivity index is 2.16. The molecule has 1 heterocycles. The summed E-state index contributed by atoms with van der Waals surface area (Å²) < 4.78 is 38.0. The Morgan fingerprint density at radius 1 is 1.12 bits per heavy atom. The first kappa shape index (κ1) is 11.6. The molecule has 0 spiro atoms. The van der Waals surface area contributed by atoms with Gasteiger partial charge in [-0.3, -0.25) is 0 Å². The van der Waals surface area contributed by atoms with E-state index in [1.807, 2.05) is 6.07 Å². The fourth-order valence-corrected chi connectivity index (χ4v) is 1.55. The van der Waals surface area contributed by atoms with Crippen molar-refractivity contribution in [3.05, 3.63) is 53.9 Å². The molecule has 0 unspecified atom stereocenters. The number of halogens is 3. The van der Waals surface area contributed by atoms with Gasteiger partial charge >= 0.3 is 6.18 Å². The standard InChI is InChI=1S/C12H11F3N2/c13-12(14,15)10-3-1-2-4-11(10)17-8-9-5-6-16-7-9/h1-7,16-17H,8H2. The molecule has 0 saturated carbocycles. The first-order valence-electron chi connectivity index (χ1n) is 5.09. The number of H-pyrrole nitrogens is 1. The minimum atomic E-state index is -4.33. The van der Waals surface area contributed by atoms with Crippen molar-refractivity contribution in [1.82, 2.24) is 4.98 Å². The monoisotopic (exact) mass is 240 g/mol. The summed E-state index contributed by atoms with van der Waals surface area (Å²) in [7, 11) is 0. The van der Waals surface area contributed by atoms with Gasteiger partial charge in [0.25, 0.3) is 0 Å². The van der Waals surface area contributed by atoms with Crippen molar-refractivity contribution in [2.24, 2.45) is 0 Å². The van der Waals surface area contributed by atoms with E-state index in [1.54, 1.807) is 18.5 Å². The summed E-state index contributed by atoms with van der Waals surface area (Å²) in [5.41, 5.74) is 0.360. The Kier molecular flexibility index (Phi) is 3.08. The molecule has 2 aromatic rings. The van der Waals surface area contributed by atoms with Crippen molar-refractivity contribution in [3.63, 3.8) is 0 Å². The molecule has 0 radical (unpaired) electrons. The number of benzene rings is 1. The third-order valence-corrected chi connectivity index (χ3v) is 2.38. The van der Waals surface area contributed by atoms with Gasteiger partial charge in [-0.25, -0.2) is 0 Å². The third kappa shape index (κ3) is 2.81. The Labute approximate surface area is 96.5 Å². The maximum atomic E-state index is 12.7. The minimum Gasteiger partial charge on any atom is -0.380 e. The number of hydrogen-bond acceptors (Lipinski definition) is 1. The molecule has 2 nitrogen and oxygen atoms in total. The van der Waals surface area contributed by atoms with Crippen LogP contribution in [0.4, 0.5) is 18.9 Å². The molecule has 1 aromatic heterocycles. The highest BCUT2D eigenvalue weighted by Crippen LogP contribution is 2.34. The van der Waals surface area contributed by atoms with Crippen LogP contribution in [0, 0.1) is 0 Å². The molecule has 0 atom stereocenters. The van der Waals surface area contributed by atoms with Gasteiger partial charge in [0.1, 0.15) is 0 Å². The molecule has 5 heteroatoms. The fourth-order valence-electron chi connectivity index (χ4n) is 1.55. The second-order valence-electron chi connectivity index (χ2n) is 3.62. The van der Waals surface area contributed by atoms with E-state index in [9.17, 15) is 13.2 Å². The quantitative estimate of drug-likeness (QED) is 0.842. The number of nitrogens with one attached hydrogen (secondary N) is 2. The molecule has 0 amide bonds. The van der Waals surface area contributed by atoms with Crippen molar-refractivity contribution < 1.29 is 13.2 Å². The predicted molar refractivity (Wildman–Crippen MR) is 59.6 cm³/mol. The maximum Gasteiger partial charge on any atom is 0.418 e. The van der Waals surface area contributed by atoms with Gasteiger partial charge in [-0.2, -0.15) is 13.2 Å². The molecule has 2 rings (SSSR count). The van der Waals surface area contributed by atoms with Gasteiger partial charge in [-0.05, 0) is 23.8 Å². The van der Waals surface area contributed by atoms with E-state index in [0.717, 1.165) is 11.6 Å². The van der Waals surface area contributed by atoms with E-state index in [4.69, 9.17) is 0 Å². The van der Waals surface area contributed by atoms with Crippen LogP contribution in [0.1, 0.15) is 11.1 Å². The summed E-state index contributed by atoms with van der Waals surface area (Å²) in [4.78, 5) is 2.85. The zero-order chi connectivity index (χ0) is 12.3. The molecule has 0 aliphatic rings. The smallest absolute Gasteiger partial charge is 0.380 e. The van der Waals surface area contributed by atoms with Crippen molar-refractivity contribution in [2.45, 2.75) is 12.7 Å². The van der Waals surface area contributed by atoms with E-state index in [0.29, 0.717) is 6.54 Å². The van der Waals surface area contributed by atoms with Crippen LogP contribution < -0.4 is 5.32 Å². The Bertz CT molecular complexity index is 475. The summed E-state index contributed by atoms with van der Waals surface area (Å²) >= 11 is 0. The Morgan fingerprint density at radius 2 is 1.88 bits per heavy atom. The van der Waals surface area contributed by atoms with E-state index < -0.39 is 11.7 Å². The largest absolute Gasteiger partial charge is 0.418 e. The first-order valence-corrected chi connectivity index (χ1v) is 5.09. The molecular weight excluding hydrogens is 229 g/mol. The van der Waals surface area contributed by atoms with E-state index in [1.165, 1.54) is 12.1 Å². The molecule has 1 aromatic carbocycles. The summed E-state index contributed by atoms with van der Waals surface area (Å²) in [6, 6.07) is 7.26. The van der Waals surface area contributed by atoms with Crippen LogP contribution in [0.5, 0.6) is 0 Å². The number of hydrogen-bond donors (Lipinski definition) is 2. The number of para-hydroxylation sites is 1. The molecular formula is C12H11F3N2. The number of aromatic amines is 1. The van der Waals surface area contributed by atoms with Crippen LogP contribution >= 0.6 is 0 Å². The molecule has 0 bridgehead atoms. The van der Waals surface area contributed by atoms with Crippen LogP contribution in [0.25, 0.3) is 0 Å². The highest BCUT2D eigenvalue weighted by molar-refractivity contribution is 5.52. The second kappa shape index (κ2) is 4.53. The lowest BCUT2D eigenvalue weighted by atomic mass is 10.1. The average molecular weight is 240 g/mol. The lowest BCUT2D eigenvalue weighted by molar-refractivity contribution is -0.136. The first-order chi connectivity index (χ1) is 8.07. The third-order valence-electron chi connectivity index (χ3n) is 2.38. The molecule has 0 aliphatic heterocycles. The van der Waals surface area contributed by atoms with Gasteiger partial charge < -0.3 is 10.3 Å². The van der Waals surface area contributed by atoms with Crippen LogP contribution in [-0.2, 0) is 12.7 Å². The van der Waals surface area contributed by atoms with Crippen molar-refractivity contribution in [1.29, 1.82) is 0 Å². The highest BCUT2D eigenvalue weighted by atomic mass is 19.4. The lowest BCUT2D eigenvalue weighted by Crippen LogP contribution is -2.10. The van der Waals surface area contributed by atoms with Gasteiger partial charge in [0, 0.05) is 24.6 Å². The maximum absolute atomic E-state index is 12.7. The fraction of sp³-hybridized carbons (Fsp3) is 0.167. The van der Waals surface area contributed by atoms with Crippen molar-refractivity contribution >= 4 is 5.69 Å². The molecule has 0 fully saturated rings. The predicted octanol–water partition coefficient (Wildman–Crippen LogP) is 3.65. The molecule has 0 aliphatic carbocycles. The van der Waals surface area contributed by atoms with Gasteiger partial charge in [-0.15, -0.1) is 0 Å². The number of aromatic nitrogens is 1. The van der Waals surface area contributed by atoms with E-state index in [2.05, 4.69) is 10.3 Å². The summed E-state index contributed by atoms with van der Waals surface area (Å²) in [6.07, 6.45) is -0.863. The average Bonchev–Trinajstić information content (AvgIpc) is 2.78. The Morgan fingerprint density at radius 3 is 2.53 bits per heavy atom. The van der Waals surface area contributed by atoms with Crippen molar-refractivity contribution in [2.75, 3.05) is 5.32 Å². The lowest BCUT2D eigenvalue weighted by Gasteiger charge is -2.13. The van der Waals surface area contributed by atoms with E-state index >= 15 is 0 Å². The zero-order valence-corrected chi connectivity index (χ0v) is 8.88. The van der Waals surface area contributed by atoms with Crippen LogP contribution in [0.3, 0.4) is 0 Å². The van der Waals surface area contributed by atoms with Crippen LogP contribution in [0.2, 0.25) is 0 Å². The number of alkyl halides is 3. The van der Waals surface area contributed by atoms with Crippen LogP contribution in [-0.4, -0.2) is 4.98 Å². The molecule has 0 saturated heterocycles. The van der Waals surface area contributed by atoms with E-state index in [-0.39, 0.29) is 5.69 Å².